The molecule has 2 saturated heterocycles. The van der Waals surface area contributed by atoms with Gasteiger partial charge in [0.2, 0.25) is 10.0 Å². The van der Waals surface area contributed by atoms with Gasteiger partial charge in [0.05, 0.1) is 12.5 Å². The molecule has 104 valence electrons. The van der Waals surface area contributed by atoms with Crippen LogP contribution in [-0.4, -0.2) is 56.0 Å². The van der Waals surface area contributed by atoms with Crippen molar-refractivity contribution >= 4 is 15.9 Å². The minimum absolute atomic E-state index is 0.106. The summed E-state index contributed by atoms with van der Waals surface area (Å²) in [5.41, 5.74) is 0. The van der Waals surface area contributed by atoms with E-state index in [1.54, 1.807) is 17.0 Å². The molecule has 0 saturated carbocycles. The van der Waals surface area contributed by atoms with E-state index < -0.39 is 10.0 Å². The molecule has 1 aromatic rings. The maximum absolute atomic E-state index is 12.1. The van der Waals surface area contributed by atoms with E-state index in [4.69, 9.17) is 4.42 Å². The van der Waals surface area contributed by atoms with E-state index in [2.05, 4.69) is 0 Å². The first-order chi connectivity index (χ1) is 8.95. The Labute approximate surface area is 112 Å². The van der Waals surface area contributed by atoms with Gasteiger partial charge in [-0.1, -0.05) is 0 Å². The lowest BCUT2D eigenvalue weighted by Gasteiger charge is -2.19. The van der Waals surface area contributed by atoms with E-state index in [9.17, 15) is 13.2 Å². The highest BCUT2D eigenvalue weighted by Crippen LogP contribution is 2.32. The molecule has 0 N–H and O–H groups in total. The lowest BCUT2D eigenvalue weighted by atomic mass is 10.0. The van der Waals surface area contributed by atoms with E-state index >= 15 is 0 Å². The Morgan fingerprint density at radius 1 is 1.26 bits per heavy atom. The van der Waals surface area contributed by atoms with Crippen molar-refractivity contribution < 1.29 is 17.6 Å². The Balaban J connectivity index is 1.67. The molecule has 2 fully saturated rings. The second-order valence-electron chi connectivity index (χ2n) is 5.29. The molecule has 7 heteroatoms. The van der Waals surface area contributed by atoms with Crippen LogP contribution >= 0.6 is 0 Å². The predicted octanol–water partition coefficient (Wildman–Crippen LogP) is 0.243. The lowest BCUT2D eigenvalue weighted by Crippen LogP contribution is -2.35. The zero-order valence-electron chi connectivity index (χ0n) is 10.7. The molecule has 3 heterocycles. The van der Waals surface area contributed by atoms with Crippen LogP contribution in [0.25, 0.3) is 0 Å². The van der Waals surface area contributed by atoms with Crippen molar-refractivity contribution in [3.05, 3.63) is 24.2 Å². The standard InChI is InChI=1S/C12H16N2O4S/c1-19(16,17)14-7-9-5-13(6-10(9)8-14)12(15)11-3-2-4-18-11/h2-4,9-10H,5-8H2,1H3/t9-,10+. The molecular formula is C12H16N2O4S. The summed E-state index contributed by atoms with van der Waals surface area (Å²) in [6.45, 7) is 2.25. The SMILES string of the molecule is CS(=O)(=O)N1C[C@H]2CN(C(=O)c3ccco3)C[C@H]2C1. The summed E-state index contributed by atoms with van der Waals surface area (Å²) in [4.78, 5) is 13.9. The number of nitrogens with zero attached hydrogens (tertiary/aromatic N) is 2. The first-order valence-electron chi connectivity index (χ1n) is 6.23. The van der Waals surface area contributed by atoms with Crippen molar-refractivity contribution in [3.8, 4) is 0 Å². The third-order valence-corrected chi connectivity index (χ3v) is 5.18. The fourth-order valence-electron chi connectivity index (χ4n) is 2.94. The fourth-order valence-corrected chi connectivity index (χ4v) is 3.87. The summed E-state index contributed by atoms with van der Waals surface area (Å²) in [6, 6.07) is 3.34. The minimum atomic E-state index is -3.11. The van der Waals surface area contributed by atoms with Crippen LogP contribution in [0.4, 0.5) is 0 Å². The highest BCUT2D eigenvalue weighted by Gasteiger charge is 2.44. The largest absolute Gasteiger partial charge is 0.459 e. The summed E-state index contributed by atoms with van der Waals surface area (Å²) in [7, 11) is -3.11. The number of hydrogen-bond acceptors (Lipinski definition) is 4. The molecule has 0 radical (unpaired) electrons. The molecule has 0 spiro atoms. The average Bonchev–Trinajstić information content (AvgIpc) is 3.02. The molecule has 2 aliphatic rings. The highest BCUT2D eigenvalue weighted by atomic mass is 32.2. The van der Waals surface area contributed by atoms with Crippen LogP contribution in [0.15, 0.2) is 22.8 Å². The Kier molecular flexibility index (Phi) is 2.90. The van der Waals surface area contributed by atoms with Gasteiger partial charge in [-0.3, -0.25) is 4.79 Å². The zero-order chi connectivity index (χ0) is 13.6. The van der Waals surface area contributed by atoms with Crippen LogP contribution in [0.3, 0.4) is 0 Å². The third-order valence-electron chi connectivity index (χ3n) is 3.94. The van der Waals surface area contributed by atoms with Gasteiger partial charge in [-0.2, -0.15) is 0 Å². The molecule has 0 aromatic carbocycles. The van der Waals surface area contributed by atoms with Crippen LogP contribution in [-0.2, 0) is 10.0 Å². The van der Waals surface area contributed by atoms with E-state index in [1.807, 2.05) is 0 Å². The van der Waals surface area contributed by atoms with Gasteiger partial charge in [0.15, 0.2) is 5.76 Å². The summed E-state index contributed by atoms with van der Waals surface area (Å²) < 4.78 is 29.6. The minimum Gasteiger partial charge on any atom is -0.459 e. The van der Waals surface area contributed by atoms with Crippen LogP contribution in [0.1, 0.15) is 10.6 Å². The monoisotopic (exact) mass is 284 g/mol. The molecule has 0 aliphatic carbocycles. The number of amides is 1. The summed E-state index contributed by atoms with van der Waals surface area (Å²) in [6.07, 6.45) is 2.72. The van der Waals surface area contributed by atoms with E-state index in [0.717, 1.165) is 0 Å². The molecule has 19 heavy (non-hydrogen) atoms. The number of rotatable bonds is 2. The van der Waals surface area contributed by atoms with Crippen molar-refractivity contribution in [3.63, 3.8) is 0 Å². The summed E-state index contributed by atoms with van der Waals surface area (Å²) in [5, 5.41) is 0. The van der Waals surface area contributed by atoms with Gasteiger partial charge in [-0.25, -0.2) is 12.7 Å². The Bertz CT molecular complexity index is 567. The lowest BCUT2D eigenvalue weighted by molar-refractivity contribution is 0.0747. The van der Waals surface area contributed by atoms with Crippen LogP contribution < -0.4 is 0 Å². The summed E-state index contributed by atoms with van der Waals surface area (Å²) >= 11 is 0. The van der Waals surface area contributed by atoms with Crippen molar-refractivity contribution in [2.75, 3.05) is 32.4 Å². The van der Waals surface area contributed by atoms with Gasteiger partial charge in [-0.15, -0.1) is 0 Å². The average molecular weight is 284 g/mol. The normalized spacial score (nSPS) is 27.7. The van der Waals surface area contributed by atoms with Crippen LogP contribution in [0, 0.1) is 11.8 Å². The predicted molar refractivity (Wildman–Crippen MR) is 68.0 cm³/mol. The number of fused-ring (bicyclic) bond motifs is 1. The van der Waals surface area contributed by atoms with Gasteiger partial charge in [0, 0.05) is 26.2 Å². The van der Waals surface area contributed by atoms with Gasteiger partial charge in [0.25, 0.3) is 5.91 Å². The number of likely N-dealkylation sites (tertiary alicyclic amines) is 1. The second kappa shape index (κ2) is 4.35. The fraction of sp³-hybridized carbons (Fsp3) is 0.583. The third kappa shape index (κ3) is 2.28. The molecule has 0 bridgehead atoms. The first kappa shape index (κ1) is 12.7. The number of carbonyl (C=O) groups excluding carboxylic acids is 1. The molecule has 3 rings (SSSR count). The topological polar surface area (TPSA) is 70.8 Å². The Morgan fingerprint density at radius 3 is 2.37 bits per heavy atom. The number of furan rings is 1. The smallest absolute Gasteiger partial charge is 0.289 e. The zero-order valence-corrected chi connectivity index (χ0v) is 11.5. The number of sulfonamides is 1. The second-order valence-corrected chi connectivity index (χ2v) is 7.27. The van der Waals surface area contributed by atoms with Gasteiger partial charge >= 0.3 is 0 Å². The molecule has 1 amide bonds. The molecule has 6 nitrogen and oxygen atoms in total. The first-order valence-corrected chi connectivity index (χ1v) is 8.08. The maximum Gasteiger partial charge on any atom is 0.289 e. The van der Waals surface area contributed by atoms with Gasteiger partial charge < -0.3 is 9.32 Å². The quantitative estimate of drug-likeness (QED) is 0.780. The van der Waals surface area contributed by atoms with E-state index in [-0.39, 0.29) is 17.7 Å². The van der Waals surface area contributed by atoms with E-state index in [0.29, 0.717) is 31.9 Å². The number of hydrogen-bond donors (Lipinski definition) is 0. The molecule has 1 aromatic heterocycles. The molecule has 0 unspecified atom stereocenters. The molecule has 2 aliphatic heterocycles. The van der Waals surface area contributed by atoms with Crippen molar-refractivity contribution in [1.82, 2.24) is 9.21 Å². The van der Waals surface area contributed by atoms with Crippen molar-refractivity contribution in [2.45, 2.75) is 0 Å². The van der Waals surface area contributed by atoms with Crippen molar-refractivity contribution in [2.24, 2.45) is 11.8 Å². The van der Waals surface area contributed by atoms with Gasteiger partial charge in [-0.05, 0) is 24.0 Å². The van der Waals surface area contributed by atoms with Gasteiger partial charge in [0.1, 0.15) is 0 Å². The molecular weight excluding hydrogens is 268 g/mol. The van der Waals surface area contributed by atoms with E-state index in [1.165, 1.54) is 16.8 Å². The summed E-state index contributed by atoms with van der Waals surface area (Å²) in [5.74, 6) is 0.729. The van der Waals surface area contributed by atoms with Crippen molar-refractivity contribution in [1.29, 1.82) is 0 Å². The van der Waals surface area contributed by atoms with Crippen LogP contribution in [0.2, 0.25) is 0 Å². The Morgan fingerprint density at radius 2 is 1.89 bits per heavy atom. The van der Waals surface area contributed by atoms with Crippen LogP contribution in [0.5, 0.6) is 0 Å². The molecule has 2 atom stereocenters. The maximum atomic E-state index is 12.1. The highest BCUT2D eigenvalue weighted by molar-refractivity contribution is 7.88. The Hall–Kier alpha value is -1.34. The number of carbonyl (C=O) groups is 1.